The van der Waals surface area contributed by atoms with Crippen molar-refractivity contribution >= 4 is 23.8 Å². The zero-order valence-corrected chi connectivity index (χ0v) is 9.15. The van der Waals surface area contributed by atoms with Gasteiger partial charge in [0.2, 0.25) is 0 Å². The highest BCUT2D eigenvalue weighted by atomic mass is 35.5. The molecule has 0 aliphatic heterocycles. The van der Waals surface area contributed by atoms with Crippen LogP contribution in [0.3, 0.4) is 0 Å². The number of carbonyl (C=O) groups excluding carboxylic acids is 1. The maximum atomic E-state index is 10.3. The van der Waals surface area contributed by atoms with E-state index in [1.165, 1.54) is 19.4 Å². The first kappa shape index (κ1) is 12.1. The lowest BCUT2D eigenvalue weighted by Crippen LogP contribution is -2.24. The summed E-state index contributed by atoms with van der Waals surface area (Å²) < 4.78 is 4.90. The number of urea groups is 1. The molecule has 0 atom stereocenters. The maximum Gasteiger partial charge on any atom is 0.332 e. The summed E-state index contributed by atoms with van der Waals surface area (Å²) in [6.45, 7) is 0. The molecule has 0 aromatic heterocycles. The van der Waals surface area contributed by atoms with Crippen molar-refractivity contribution in [1.82, 2.24) is 5.43 Å². The molecule has 4 N–H and O–H groups in total. The van der Waals surface area contributed by atoms with Crippen LogP contribution in [0.15, 0.2) is 17.2 Å². The van der Waals surface area contributed by atoms with E-state index < -0.39 is 6.03 Å². The number of phenols is 1. The van der Waals surface area contributed by atoms with Gasteiger partial charge in [0.15, 0.2) is 0 Å². The van der Waals surface area contributed by atoms with Crippen LogP contribution in [0.2, 0.25) is 5.02 Å². The quantitative estimate of drug-likeness (QED) is 0.547. The number of nitrogens with zero attached hydrogens (tertiary/aromatic N) is 1. The largest absolute Gasteiger partial charge is 0.506 e. The second-order valence-corrected chi connectivity index (χ2v) is 3.13. The van der Waals surface area contributed by atoms with E-state index in [4.69, 9.17) is 22.1 Å². The van der Waals surface area contributed by atoms with Crippen molar-refractivity contribution in [3.8, 4) is 11.5 Å². The average Bonchev–Trinajstić information content (AvgIpc) is 2.24. The topological polar surface area (TPSA) is 96.9 Å². The monoisotopic (exact) mass is 243 g/mol. The van der Waals surface area contributed by atoms with Gasteiger partial charge in [-0.3, -0.25) is 0 Å². The number of amides is 2. The Balaban J connectivity index is 2.94. The second kappa shape index (κ2) is 5.22. The van der Waals surface area contributed by atoms with Gasteiger partial charge in [-0.25, -0.2) is 10.2 Å². The minimum absolute atomic E-state index is 0.0746. The van der Waals surface area contributed by atoms with Gasteiger partial charge in [-0.2, -0.15) is 5.10 Å². The van der Waals surface area contributed by atoms with Crippen LogP contribution in [0.5, 0.6) is 11.5 Å². The molecular formula is C9H10ClN3O3. The van der Waals surface area contributed by atoms with Crippen molar-refractivity contribution in [2.45, 2.75) is 0 Å². The number of phenolic OH excluding ortho intramolecular Hbond substituents is 1. The normalized spacial score (nSPS) is 10.4. The molecule has 0 bridgehead atoms. The van der Waals surface area contributed by atoms with Crippen molar-refractivity contribution in [2.24, 2.45) is 10.8 Å². The number of halogens is 1. The number of primary amides is 1. The predicted molar refractivity (Wildman–Crippen MR) is 60.0 cm³/mol. The summed E-state index contributed by atoms with van der Waals surface area (Å²) >= 11 is 5.79. The molecule has 0 unspecified atom stereocenters. The molecule has 0 spiro atoms. The Hall–Kier alpha value is -1.95. The van der Waals surface area contributed by atoms with Crippen LogP contribution in [-0.4, -0.2) is 24.5 Å². The maximum absolute atomic E-state index is 10.3. The molecule has 1 aromatic rings. The number of rotatable bonds is 3. The van der Waals surface area contributed by atoms with E-state index in [1.807, 2.05) is 5.43 Å². The van der Waals surface area contributed by atoms with E-state index in [2.05, 4.69) is 5.10 Å². The number of benzene rings is 1. The Kier molecular flexibility index (Phi) is 3.96. The SMILES string of the molecule is COc1ccc(C=NNC(N)=O)c(O)c1Cl. The standard InChI is InChI=1S/C9H10ClN3O3/c1-16-6-3-2-5(8(14)7(6)10)4-12-13-9(11)15/h2-4,14H,1H3,(H3,11,13,15). The molecular weight excluding hydrogens is 234 g/mol. The Morgan fingerprint density at radius 2 is 2.38 bits per heavy atom. The van der Waals surface area contributed by atoms with E-state index in [0.29, 0.717) is 11.3 Å². The van der Waals surface area contributed by atoms with Crippen molar-refractivity contribution in [1.29, 1.82) is 0 Å². The Bertz CT molecular complexity index is 434. The van der Waals surface area contributed by atoms with E-state index in [1.54, 1.807) is 6.07 Å². The number of hydrogen-bond acceptors (Lipinski definition) is 4. The molecule has 0 saturated heterocycles. The van der Waals surface area contributed by atoms with Gasteiger partial charge in [0.05, 0.1) is 13.3 Å². The van der Waals surface area contributed by atoms with Gasteiger partial charge in [-0.1, -0.05) is 11.6 Å². The van der Waals surface area contributed by atoms with Crippen LogP contribution >= 0.6 is 11.6 Å². The third-order valence-electron chi connectivity index (χ3n) is 1.71. The lowest BCUT2D eigenvalue weighted by Gasteiger charge is -2.06. The lowest BCUT2D eigenvalue weighted by atomic mass is 10.2. The van der Waals surface area contributed by atoms with E-state index >= 15 is 0 Å². The fourth-order valence-corrected chi connectivity index (χ4v) is 1.24. The average molecular weight is 244 g/mol. The fraction of sp³-hybridized carbons (Fsp3) is 0.111. The first-order valence-electron chi connectivity index (χ1n) is 4.20. The van der Waals surface area contributed by atoms with Gasteiger partial charge in [0.1, 0.15) is 16.5 Å². The van der Waals surface area contributed by atoms with Crippen molar-refractivity contribution in [2.75, 3.05) is 7.11 Å². The van der Waals surface area contributed by atoms with Crippen LogP contribution in [0.1, 0.15) is 5.56 Å². The first-order chi connectivity index (χ1) is 7.56. The number of nitrogens with one attached hydrogen (secondary N) is 1. The van der Waals surface area contributed by atoms with Gasteiger partial charge in [0.25, 0.3) is 0 Å². The summed E-state index contributed by atoms with van der Waals surface area (Å²) in [7, 11) is 1.43. The van der Waals surface area contributed by atoms with Gasteiger partial charge in [-0.15, -0.1) is 0 Å². The van der Waals surface area contributed by atoms with Crippen molar-refractivity contribution in [3.05, 3.63) is 22.7 Å². The lowest BCUT2D eigenvalue weighted by molar-refractivity contribution is 0.249. The molecule has 2 amide bonds. The Morgan fingerprint density at radius 3 is 2.94 bits per heavy atom. The molecule has 0 aliphatic carbocycles. The Labute approximate surface area is 96.7 Å². The summed E-state index contributed by atoms with van der Waals surface area (Å²) in [5.41, 5.74) is 7.12. The zero-order valence-electron chi connectivity index (χ0n) is 8.40. The number of nitrogens with two attached hydrogens (primary N) is 1. The molecule has 1 aromatic carbocycles. The summed E-state index contributed by atoms with van der Waals surface area (Å²) in [5.74, 6) is 0.162. The number of methoxy groups -OCH3 is 1. The highest BCUT2D eigenvalue weighted by Crippen LogP contribution is 2.34. The summed E-state index contributed by atoms with van der Waals surface area (Å²) in [5, 5.41) is 13.2. The summed E-state index contributed by atoms with van der Waals surface area (Å²) in [4.78, 5) is 10.3. The first-order valence-corrected chi connectivity index (χ1v) is 4.58. The van der Waals surface area contributed by atoms with Gasteiger partial charge < -0.3 is 15.6 Å². The van der Waals surface area contributed by atoms with E-state index in [0.717, 1.165) is 0 Å². The van der Waals surface area contributed by atoms with Crippen LogP contribution in [0, 0.1) is 0 Å². The number of aromatic hydroxyl groups is 1. The van der Waals surface area contributed by atoms with Crippen LogP contribution in [-0.2, 0) is 0 Å². The van der Waals surface area contributed by atoms with Crippen LogP contribution < -0.4 is 15.9 Å². The van der Waals surface area contributed by atoms with Crippen molar-refractivity contribution < 1.29 is 14.6 Å². The minimum Gasteiger partial charge on any atom is -0.506 e. The van der Waals surface area contributed by atoms with Crippen LogP contribution in [0.4, 0.5) is 4.79 Å². The Morgan fingerprint density at radius 1 is 1.69 bits per heavy atom. The molecule has 0 saturated carbocycles. The molecule has 0 aliphatic rings. The number of carbonyl (C=O) groups is 1. The third-order valence-corrected chi connectivity index (χ3v) is 2.08. The highest BCUT2D eigenvalue weighted by Gasteiger charge is 2.09. The molecule has 0 fully saturated rings. The smallest absolute Gasteiger partial charge is 0.332 e. The number of hydrazone groups is 1. The molecule has 16 heavy (non-hydrogen) atoms. The molecule has 86 valence electrons. The van der Waals surface area contributed by atoms with E-state index in [-0.39, 0.29) is 10.8 Å². The molecule has 1 rings (SSSR count). The predicted octanol–water partition coefficient (Wildman–Crippen LogP) is 1.06. The van der Waals surface area contributed by atoms with Crippen molar-refractivity contribution in [3.63, 3.8) is 0 Å². The molecule has 0 radical (unpaired) electrons. The van der Waals surface area contributed by atoms with Crippen LogP contribution in [0.25, 0.3) is 0 Å². The summed E-state index contributed by atoms with van der Waals surface area (Å²) in [6.07, 6.45) is 1.21. The third kappa shape index (κ3) is 2.77. The number of hydrogen-bond donors (Lipinski definition) is 3. The zero-order chi connectivity index (χ0) is 12.1. The molecule has 0 heterocycles. The van der Waals surface area contributed by atoms with E-state index in [9.17, 15) is 9.90 Å². The molecule has 7 heteroatoms. The summed E-state index contributed by atoms with van der Waals surface area (Å²) in [6, 6.07) is 2.30. The van der Waals surface area contributed by atoms with Gasteiger partial charge in [-0.05, 0) is 12.1 Å². The number of ether oxygens (including phenoxy) is 1. The van der Waals surface area contributed by atoms with Gasteiger partial charge >= 0.3 is 6.03 Å². The highest BCUT2D eigenvalue weighted by molar-refractivity contribution is 6.34. The fourth-order valence-electron chi connectivity index (χ4n) is 0.988. The van der Waals surface area contributed by atoms with Gasteiger partial charge in [0, 0.05) is 5.56 Å². The molecule has 6 nitrogen and oxygen atoms in total. The minimum atomic E-state index is -0.796. The second-order valence-electron chi connectivity index (χ2n) is 2.75.